The molecule has 0 aromatic heterocycles. The lowest BCUT2D eigenvalue weighted by Gasteiger charge is -2.18. The molecule has 0 heterocycles. The van der Waals surface area contributed by atoms with Crippen LogP contribution in [-0.2, 0) is 9.59 Å². The lowest BCUT2D eigenvalue weighted by atomic mass is 9.94. The van der Waals surface area contributed by atoms with Crippen LogP contribution < -0.4 is 10.5 Å². The molecule has 0 amide bonds. The third kappa shape index (κ3) is 3.90. The van der Waals surface area contributed by atoms with Crippen LogP contribution in [0.25, 0.3) is 0 Å². The lowest BCUT2D eigenvalue weighted by molar-refractivity contribution is -0.143. The number of benzene rings is 1. The summed E-state index contributed by atoms with van der Waals surface area (Å²) in [7, 11) is 0. The van der Waals surface area contributed by atoms with Crippen molar-refractivity contribution in [1.29, 1.82) is 0 Å². The van der Waals surface area contributed by atoms with E-state index in [1.54, 1.807) is 32.9 Å². The molecule has 20 heavy (non-hydrogen) atoms. The van der Waals surface area contributed by atoms with Gasteiger partial charge < -0.3 is 10.5 Å². The van der Waals surface area contributed by atoms with Crippen molar-refractivity contribution in [2.45, 2.75) is 40.5 Å². The number of ether oxygens (including phenoxy) is 1. The molecule has 0 radical (unpaired) electrons. The lowest BCUT2D eigenvalue weighted by Crippen LogP contribution is -2.26. The minimum absolute atomic E-state index is 0.0336. The fraction of sp³-hybridized carbons (Fsp3) is 0.500. The van der Waals surface area contributed by atoms with Gasteiger partial charge in [0.25, 0.3) is 0 Å². The number of aryl methyl sites for hydroxylation is 1. The average molecular weight is 277 g/mol. The standard InChI is InChI=1S/C16H23NO3/c1-10-8-12(13(9-17)11(2)18)6-7-14(10)20-15(19)16(3,4)5/h6-8,13H,9,17H2,1-5H3. The van der Waals surface area contributed by atoms with Crippen molar-refractivity contribution < 1.29 is 14.3 Å². The molecule has 0 bridgehead atoms. The second-order valence-corrected chi connectivity index (χ2v) is 6.06. The second-order valence-electron chi connectivity index (χ2n) is 6.06. The van der Waals surface area contributed by atoms with Crippen molar-refractivity contribution in [2.75, 3.05) is 6.54 Å². The van der Waals surface area contributed by atoms with Crippen LogP contribution in [-0.4, -0.2) is 18.3 Å². The van der Waals surface area contributed by atoms with Crippen LogP contribution in [0, 0.1) is 12.3 Å². The van der Waals surface area contributed by atoms with Gasteiger partial charge in [-0.1, -0.05) is 12.1 Å². The Labute approximate surface area is 120 Å². The summed E-state index contributed by atoms with van der Waals surface area (Å²) in [6, 6.07) is 5.36. The molecule has 0 aliphatic heterocycles. The zero-order valence-electron chi connectivity index (χ0n) is 12.8. The summed E-state index contributed by atoms with van der Waals surface area (Å²) in [5.74, 6) is -0.0318. The molecule has 1 aromatic rings. The summed E-state index contributed by atoms with van der Waals surface area (Å²) in [5, 5.41) is 0. The Bertz CT molecular complexity index is 515. The SMILES string of the molecule is CC(=O)C(CN)c1ccc(OC(=O)C(C)(C)C)c(C)c1. The largest absolute Gasteiger partial charge is 0.426 e. The third-order valence-corrected chi connectivity index (χ3v) is 3.14. The highest BCUT2D eigenvalue weighted by molar-refractivity contribution is 5.84. The van der Waals surface area contributed by atoms with E-state index in [9.17, 15) is 9.59 Å². The predicted molar refractivity (Wildman–Crippen MR) is 78.7 cm³/mol. The van der Waals surface area contributed by atoms with E-state index < -0.39 is 5.41 Å². The van der Waals surface area contributed by atoms with E-state index in [-0.39, 0.29) is 24.2 Å². The number of rotatable bonds is 4. The molecule has 1 unspecified atom stereocenters. The van der Waals surface area contributed by atoms with Gasteiger partial charge in [0.15, 0.2) is 0 Å². The Morgan fingerprint density at radius 2 is 1.90 bits per heavy atom. The monoisotopic (exact) mass is 277 g/mol. The van der Waals surface area contributed by atoms with Crippen LogP contribution >= 0.6 is 0 Å². The van der Waals surface area contributed by atoms with Crippen LogP contribution in [0.5, 0.6) is 5.75 Å². The van der Waals surface area contributed by atoms with E-state index in [1.165, 1.54) is 6.92 Å². The molecular weight excluding hydrogens is 254 g/mol. The summed E-state index contributed by atoms with van der Waals surface area (Å²) >= 11 is 0. The molecule has 1 rings (SSSR count). The highest BCUT2D eigenvalue weighted by Gasteiger charge is 2.24. The van der Waals surface area contributed by atoms with Crippen molar-refractivity contribution in [3.63, 3.8) is 0 Å². The number of hydrogen-bond acceptors (Lipinski definition) is 4. The van der Waals surface area contributed by atoms with Crippen LogP contribution in [0.15, 0.2) is 18.2 Å². The predicted octanol–water partition coefficient (Wildman–Crippen LogP) is 2.58. The van der Waals surface area contributed by atoms with Crippen molar-refractivity contribution in [3.8, 4) is 5.75 Å². The molecule has 4 nitrogen and oxygen atoms in total. The van der Waals surface area contributed by atoms with Gasteiger partial charge in [-0.3, -0.25) is 9.59 Å². The first-order valence-electron chi connectivity index (χ1n) is 6.70. The summed E-state index contributed by atoms with van der Waals surface area (Å²) in [5.41, 5.74) is 6.75. The Hall–Kier alpha value is -1.68. The number of hydrogen-bond donors (Lipinski definition) is 1. The van der Waals surface area contributed by atoms with E-state index in [4.69, 9.17) is 10.5 Å². The maximum atomic E-state index is 11.9. The Morgan fingerprint density at radius 1 is 1.30 bits per heavy atom. The normalized spacial score (nSPS) is 12.9. The van der Waals surface area contributed by atoms with Crippen molar-refractivity contribution in [2.24, 2.45) is 11.1 Å². The zero-order valence-corrected chi connectivity index (χ0v) is 12.8. The second kappa shape index (κ2) is 6.18. The van der Waals surface area contributed by atoms with Gasteiger partial charge in [0, 0.05) is 6.54 Å². The molecule has 0 saturated heterocycles. The number of carbonyl (C=O) groups is 2. The van der Waals surface area contributed by atoms with Gasteiger partial charge in [-0.2, -0.15) is 0 Å². The van der Waals surface area contributed by atoms with Gasteiger partial charge in [0.2, 0.25) is 0 Å². The Balaban J connectivity index is 3.00. The van der Waals surface area contributed by atoms with E-state index in [2.05, 4.69) is 0 Å². The van der Waals surface area contributed by atoms with Crippen LogP contribution in [0.4, 0.5) is 0 Å². The minimum Gasteiger partial charge on any atom is -0.426 e. The summed E-state index contributed by atoms with van der Waals surface area (Å²) in [6.07, 6.45) is 0. The van der Waals surface area contributed by atoms with Crippen molar-refractivity contribution in [1.82, 2.24) is 0 Å². The fourth-order valence-electron chi connectivity index (χ4n) is 1.79. The molecule has 0 fully saturated rings. The summed E-state index contributed by atoms with van der Waals surface area (Å²) in [4.78, 5) is 23.4. The zero-order chi connectivity index (χ0) is 15.5. The molecule has 110 valence electrons. The van der Waals surface area contributed by atoms with Gasteiger partial charge in [0.05, 0.1) is 11.3 Å². The first kappa shape index (κ1) is 16.4. The fourth-order valence-corrected chi connectivity index (χ4v) is 1.79. The maximum Gasteiger partial charge on any atom is 0.316 e. The summed E-state index contributed by atoms with van der Waals surface area (Å²) in [6.45, 7) is 9.07. The van der Waals surface area contributed by atoms with Crippen molar-refractivity contribution >= 4 is 11.8 Å². The van der Waals surface area contributed by atoms with Crippen LogP contribution in [0.1, 0.15) is 44.7 Å². The Kier molecular flexibility index (Phi) is 5.06. The van der Waals surface area contributed by atoms with E-state index in [0.717, 1.165) is 11.1 Å². The number of ketones is 1. The van der Waals surface area contributed by atoms with Gasteiger partial charge in [-0.05, 0) is 51.8 Å². The van der Waals surface area contributed by atoms with Gasteiger partial charge in [-0.15, -0.1) is 0 Å². The molecule has 0 spiro atoms. The quantitative estimate of drug-likeness (QED) is 0.678. The maximum absolute atomic E-state index is 11.9. The first-order valence-corrected chi connectivity index (χ1v) is 6.70. The molecule has 4 heteroatoms. The van der Waals surface area contributed by atoms with E-state index in [1.807, 2.05) is 13.0 Å². The average Bonchev–Trinajstić information content (AvgIpc) is 2.31. The van der Waals surface area contributed by atoms with Crippen molar-refractivity contribution in [3.05, 3.63) is 29.3 Å². The molecule has 0 saturated carbocycles. The van der Waals surface area contributed by atoms with E-state index >= 15 is 0 Å². The first-order chi connectivity index (χ1) is 9.16. The van der Waals surface area contributed by atoms with Gasteiger partial charge in [-0.25, -0.2) is 0 Å². The number of esters is 1. The molecule has 2 N–H and O–H groups in total. The highest BCUT2D eigenvalue weighted by Crippen LogP contribution is 2.26. The molecular formula is C16H23NO3. The number of Topliss-reactive ketones (excluding diaryl/α,β-unsaturated/α-hetero) is 1. The van der Waals surface area contributed by atoms with Gasteiger partial charge >= 0.3 is 5.97 Å². The third-order valence-electron chi connectivity index (χ3n) is 3.14. The van der Waals surface area contributed by atoms with Crippen LogP contribution in [0.2, 0.25) is 0 Å². The molecule has 1 atom stereocenters. The topological polar surface area (TPSA) is 69.4 Å². The molecule has 0 aliphatic carbocycles. The number of nitrogens with two attached hydrogens (primary N) is 1. The molecule has 0 aliphatic rings. The number of carbonyl (C=O) groups excluding carboxylic acids is 2. The Morgan fingerprint density at radius 3 is 2.30 bits per heavy atom. The van der Waals surface area contributed by atoms with Gasteiger partial charge in [0.1, 0.15) is 11.5 Å². The smallest absolute Gasteiger partial charge is 0.316 e. The molecule has 1 aromatic carbocycles. The van der Waals surface area contributed by atoms with Crippen LogP contribution in [0.3, 0.4) is 0 Å². The van der Waals surface area contributed by atoms with E-state index in [0.29, 0.717) is 5.75 Å². The summed E-state index contributed by atoms with van der Waals surface area (Å²) < 4.78 is 5.38. The minimum atomic E-state index is -0.551. The highest BCUT2D eigenvalue weighted by atomic mass is 16.5.